The SMILES string of the molecule is CC(C)Oc1ccc(C(=O)OCc2ccc(C(=O)O)cc2)cc1C(C)(C)C. The van der Waals surface area contributed by atoms with E-state index in [4.69, 9.17) is 14.6 Å². The lowest BCUT2D eigenvalue weighted by Crippen LogP contribution is -2.17. The Morgan fingerprint density at radius 3 is 2.11 bits per heavy atom. The maximum absolute atomic E-state index is 12.4. The Morgan fingerprint density at radius 2 is 1.59 bits per heavy atom. The molecule has 1 N–H and O–H groups in total. The van der Waals surface area contributed by atoms with Gasteiger partial charge in [0.05, 0.1) is 17.2 Å². The van der Waals surface area contributed by atoms with Crippen LogP contribution in [0.25, 0.3) is 0 Å². The zero-order chi connectivity index (χ0) is 20.2. The van der Waals surface area contributed by atoms with Gasteiger partial charge in [-0.15, -0.1) is 0 Å². The van der Waals surface area contributed by atoms with Crippen molar-refractivity contribution in [3.8, 4) is 5.75 Å². The molecule has 0 aliphatic carbocycles. The fourth-order valence-corrected chi connectivity index (χ4v) is 2.58. The highest BCUT2D eigenvalue weighted by Crippen LogP contribution is 2.33. The van der Waals surface area contributed by atoms with Gasteiger partial charge in [-0.2, -0.15) is 0 Å². The summed E-state index contributed by atoms with van der Waals surface area (Å²) in [5.41, 5.74) is 2.13. The van der Waals surface area contributed by atoms with Gasteiger partial charge >= 0.3 is 11.9 Å². The molecule has 0 unspecified atom stereocenters. The molecule has 0 aromatic heterocycles. The fraction of sp³-hybridized carbons (Fsp3) is 0.364. The van der Waals surface area contributed by atoms with Crippen molar-refractivity contribution >= 4 is 11.9 Å². The summed E-state index contributed by atoms with van der Waals surface area (Å²) in [4.78, 5) is 23.3. The molecule has 0 atom stereocenters. The number of hydrogen-bond donors (Lipinski definition) is 1. The van der Waals surface area contributed by atoms with E-state index in [0.717, 1.165) is 16.9 Å². The van der Waals surface area contributed by atoms with E-state index in [1.165, 1.54) is 12.1 Å². The summed E-state index contributed by atoms with van der Waals surface area (Å²) in [7, 11) is 0. The van der Waals surface area contributed by atoms with E-state index in [2.05, 4.69) is 20.8 Å². The lowest BCUT2D eigenvalue weighted by molar-refractivity contribution is 0.0471. The van der Waals surface area contributed by atoms with E-state index in [1.54, 1.807) is 24.3 Å². The maximum Gasteiger partial charge on any atom is 0.338 e. The van der Waals surface area contributed by atoms with E-state index >= 15 is 0 Å². The normalized spacial score (nSPS) is 11.3. The second-order valence-corrected chi connectivity index (χ2v) is 7.71. The van der Waals surface area contributed by atoms with Crippen LogP contribution in [0.2, 0.25) is 0 Å². The van der Waals surface area contributed by atoms with Crippen LogP contribution >= 0.6 is 0 Å². The van der Waals surface area contributed by atoms with Crippen LogP contribution in [0, 0.1) is 0 Å². The molecule has 0 spiro atoms. The molecule has 2 rings (SSSR count). The summed E-state index contributed by atoms with van der Waals surface area (Å²) < 4.78 is 11.2. The van der Waals surface area contributed by atoms with Gasteiger partial charge in [-0.25, -0.2) is 9.59 Å². The van der Waals surface area contributed by atoms with Crippen LogP contribution in [0.5, 0.6) is 5.75 Å². The average Bonchev–Trinajstić information content (AvgIpc) is 2.59. The molecule has 5 heteroatoms. The van der Waals surface area contributed by atoms with Crippen molar-refractivity contribution in [2.24, 2.45) is 0 Å². The molecule has 0 heterocycles. The lowest BCUT2D eigenvalue weighted by Gasteiger charge is -2.24. The van der Waals surface area contributed by atoms with Crippen molar-refractivity contribution in [2.75, 3.05) is 0 Å². The zero-order valence-electron chi connectivity index (χ0n) is 16.4. The van der Waals surface area contributed by atoms with Crippen molar-refractivity contribution < 1.29 is 24.2 Å². The summed E-state index contributed by atoms with van der Waals surface area (Å²) in [6.07, 6.45) is 0.0395. The highest BCUT2D eigenvalue weighted by molar-refractivity contribution is 5.90. The molecule has 0 aliphatic heterocycles. The Bertz CT molecular complexity index is 814. The Labute approximate surface area is 159 Å². The van der Waals surface area contributed by atoms with E-state index in [9.17, 15) is 9.59 Å². The maximum atomic E-state index is 12.4. The predicted octanol–water partition coefficient (Wildman–Crippen LogP) is 4.83. The Morgan fingerprint density at radius 1 is 1.00 bits per heavy atom. The molecule has 5 nitrogen and oxygen atoms in total. The van der Waals surface area contributed by atoms with Crippen LogP contribution in [0.4, 0.5) is 0 Å². The van der Waals surface area contributed by atoms with Crippen molar-refractivity contribution in [3.63, 3.8) is 0 Å². The number of ether oxygens (including phenoxy) is 2. The summed E-state index contributed by atoms with van der Waals surface area (Å²) in [5.74, 6) is -0.658. The van der Waals surface area contributed by atoms with Gasteiger partial charge in [-0.1, -0.05) is 32.9 Å². The first-order valence-corrected chi connectivity index (χ1v) is 8.88. The first-order chi connectivity index (χ1) is 12.6. The summed E-state index contributed by atoms with van der Waals surface area (Å²) in [5, 5.41) is 8.92. The van der Waals surface area contributed by atoms with Crippen molar-refractivity contribution in [1.29, 1.82) is 0 Å². The van der Waals surface area contributed by atoms with Crippen LogP contribution in [-0.4, -0.2) is 23.1 Å². The number of carbonyl (C=O) groups is 2. The molecule has 2 aromatic rings. The highest BCUT2D eigenvalue weighted by atomic mass is 16.5. The van der Waals surface area contributed by atoms with Gasteiger partial charge in [-0.05, 0) is 55.2 Å². The highest BCUT2D eigenvalue weighted by Gasteiger charge is 2.22. The van der Waals surface area contributed by atoms with E-state index < -0.39 is 11.9 Å². The van der Waals surface area contributed by atoms with Crippen LogP contribution in [0.3, 0.4) is 0 Å². The third-order valence-corrected chi connectivity index (χ3v) is 3.96. The van der Waals surface area contributed by atoms with Gasteiger partial charge in [0.15, 0.2) is 0 Å². The molecular formula is C22H26O5. The number of carboxylic acid groups (broad SMARTS) is 1. The average molecular weight is 370 g/mol. The number of aromatic carboxylic acids is 1. The van der Waals surface area contributed by atoms with Gasteiger partial charge in [0.25, 0.3) is 0 Å². The zero-order valence-corrected chi connectivity index (χ0v) is 16.4. The molecule has 0 saturated carbocycles. The third kappa shape index (κ3) is 5.58. The summed E-state index contributed by atoms with van der Waals surface area (Å²) in [6, 6.07) is 11.6. The predicted molar refractivity (Wildman–Crippen MR) is 103 cm³/mol. The first-order valence-electron chi connectivity index (χ1n) is 8.88. The third-order valence-electron chi connectivity index (χ3n) is 3.96. The number of rotatable bonds is 6. The quantitative estimate of drug-likeness (QED) is 0.738. The molecule has 27 heavy (non-hydrogen) atoms. The number of carboxylic acids is 1. The molecule has 0 fully saturated rings. The lowest BCUT2D eigenvalue weighted by atomic mass is 9.85. The van der Waals surface area contributed by atoms with Crippen LogP contribution in [-0.2, 0) is 16.8 Å². The van der Waals surface area contributed by atoms with Gasteiger partial charge in [-0.3, -0.25) is 0 Å². The van der Waals surface area contributed by atoms with Gasteiger partial charge in [0.2, 0.25) is 0 Å². The second kappa shape index (κ2) is 8.25. The van der Waals surface area contributed by atoms with Crippen LogP contribution < -0.4 is 4.74 Å². The topological polar surface area (TPSA) is 72.8 Å². The van der Waals surface area contributed by atoms with E-state index in [-0.39, 0.29) is 23.7 Å². The van der Waals surface area contributed by atoms with Crippen LogP contribution in [0.1, 0.15) is 66.5 Å². The fourth-order valence-electron chi connectivity index (χ4n) is 2.58. The Kier molecular flexibility index (Phi) is 6.26. The minimum atomic E-state index is -0.989. The van der Waals surface area contributed by atoms with E-state index in [1.807, 2.05) is 19.9 Å². The number of hydrogen-bond acceptors (Lipinski definition) is 4. The number of esters is 1. The minimum absolute atomic E-state index is 0.0395. The van der Waals surface area contributed by atoms with Crippen molar-refractivity contribution in [1.82, 2.24) is 0 Å². The first kappa shape index (κ1) is 20.5. The Balaban J connectivity index is 2.14. The molecule has 2 aromatic carbocycles. The molecule has 0 bridgehead atoms. The molecule has 0 radical (unpaired) electrons. The standard InChI is InChI=1S/C22H26O5/c1-14(2)27-19-11-10-17(12-18(19)22(3,4)5)21(25)26-13-15-6-8-16(9-7-15)20(23)24/h6-12,14H,13H2,1-5H3,(H,23,24). The van der Waals surface area contributed by atoms with Gasteiger partial charge in [0, 0.05) is 5.56 Å². The largest absolute Gasteiger partial charge is 0.491 e. The summed E-state index contributed by atoms with van der Waals surface area (Å²) >= 11 is 0. The van der Waals surface area contributed by atoms with Gasteiger partial charge in [0.1, 0.15) is 12.4 Å². The molecule has 144 valence electrons. The smallest absolute Gasteiger partial charge is 0.338 e. The molecule has 0 saturated heterocycles. The van der Waals surface area contributed by atoms with E-state index in [0.29, 0.717) is 5.56 Å². The van der Waals surface area contributed by atoms with Gasteiger partial charge < -0.3 is 14.6 Å². The number of benzene rings is 2. The monoisotopic (exact) mass is 370 g/mol. The molecule has 0 amide bonds. The van der Waals surface area contributed by atoms with Crippen molar-refractivity contribution in [3.05, 3.63) is 64.7 Å². The molecular weight excluding hydrogens is 344 g/mol. The van der Waals surface area contributed by atoms with Crippen molar-refractivity contribution in [2.45, 2.75) is 52.7 Å². The van der Waals surface area contributed by atoms with Crippen LogP contribution in [0.15, 0.2) is 42.5 Å². The number of carbonyl (C=O) groups excluding carboxylic acids is 1. The summed E-state index contributed by atoms with van der Waals surface area (Å²) in [6.45, 7) is 10.2. The Hall–Kier alpha value is -2.82. The molecule has 0 aliphatic rings. The minimum Gasteiger partial charge on any atom is -0.491 e. The second-order valence-electron chi connectivity index (χ2n) is 7.71.